The lowest BCUT2D eigenvalue weighted by Gasteiger charge is -2.37. The number of hydrogen-bond donors (Lipinski definition) is 0. The van der Waals surface area contributed by atoms with E-state index in [4.69, 9.17) is 0 Å². The number of amides is 1. The first-order chi connectivity index (χ1) is 13.9. The Morgan fingerprint density at radius 1 is 1.10 bits per heavy atom. The Labute approximate surface area is 174 Å². The Morgan fingerprint density at radius 3 is 2.52 bits per heavy atom. The third-order valence-electron chi connectivity index (χ3n) is 5.77. The molecular formula is C23H33N5O. The summed E-state index contributed by atoms with van der Waals surface area (Å²) in [6, 6.07) is 8.26. The molecule has 0 spiro atoms. The molecule has 0 radical (unpaired) electrons. The molecule has 0 unspecified atom stereocenters. The summed E-state index contributed by atoms with van der Waals surface area (Å²) in [5, 5.41) is 0. The van der Waals surface area contributed by atoms with Gasteiger partial charge in [-0.3, -0.25) is 4.79 Å². The van der Waals surface area contributed by atoms with E-state index in [0.29, 0.717) is 24.6 Å². The van der Waals surface area contributed by atoms with Gasteiger partial charge in [0.15, 0.2) is 0 Å². The molecule has 2 aromatic rings. The van der Waals surface area contributed by atoms with Crippen LogP contribution in [0.15, 0.2) is 24.3 Å². The average molecular weight is 396 g/mol. The number of carbonyl (C=O) groups is 1. The average Bonchev–Trinajstić information content (AvgIpc) is 2.73. The molecule has 29 heavy (non-hydrogen) atoms. The quantitative estimate of drug-likeness (QED) is 0.748. The number of rotatable bonds is 6. The number of aryl methyl sites for hydroxylation is 2. The largest absolute Gasteiger partial charge is 0.368 e. The minimum Gasteiger partial charge on any atom is -0.368 e. The highest BCUT2D eigenvalue weighted by Gasteiger charge is 2.25. The van der Waals surface area contributed by atoms with Gasteiger partial charge < -0.3 is 14.7 Å². The van der Waals surface area contributed by atoms with Crippen LogP contribution in [0, 0.1) is 20.8 Å². The summed E-state index contributed by atoms with van der Waals surface area (Å²) in [4.78, 5) is 28.5. The molecule has 6 nitrogen and oxygen atoms in total. The van der Waals surface area contributed by atoms with Crippen LogP contribution in [0.3, 0.4) is 0 Å². The SMILES string of the molecule is CCCCN(C)c1cc(C(=O)N2CCN(c3cccc(C)c3C)CC2)nc(C)n1. The molecule has 156 valence electrons. The smallest absolute Gasteiger partial charge is 0.272 e. The Hall–Kier alpha value is -2.63. The van der Waals surface area contributed by atoms with Crippen LogP contribution >= 0.6 is 0 Å². The first-order valence-electron chi connectivity index (χ1n) is 10.6. The molecule has 1 aliphatic heterocycles. The lowest BCUT2D eigenvalue weighted by Crippen LogP contribution is -2.49. The van der Waals surface area contributed by atoms with E-state index in [9.17, 15) is 4.79 Å². The topological polar surface area (TPSA) is 52.6 Å². The second-order valence-corrected chi connectivity index (χ2v) is 7.93. The van der Waals surface area contributed by atoms with E-state index in [2.05, 4.69) is 58.7 Å². The van der Waals surface area contributed by atoms with E-state index in [1.165, 1.54) is 16.8 Å². The van der Waals surface area contributed by atoms with Gasteiger partial charge in [0, 0.05) is 51.5 Å². The summed E-state index contributed by atoms with van der Waals surface area (Å²) < 4.78 is 0. The number of anilines is 2. The fourth-order valence-corrected chi connectivity index (χ4v) is 3.76. The van der Waals surface area contributed by atoms with E-state index in [1.54, 1.807) is 0 Å². The molecule has 0 atom stereocenters. The van der Waals surface area contributed by atoms with Crippen molar-refractivity contribution in [2.24, 2.45) is 0 Å². The molecule has 1 saturated heterocycles. The minimum atomic E-state index is 0.00116. The Kier molecular flexibility index (Phi) is 6.72. The highest BCUT2D eigenvalue weighted by molar-refractivity contribution is 5.93. The molecule has 0 saturated carbocycles. The number of aromatic nitrogens is 2. The van der Waals surface area contributed by atoms with Gasteiger partial charge in [-0.25, -0.2) is 9.97 Å². The van der Waals surface area contributed by atoms with E-state index in [0.717, 1.165) is 38.3 Å². The Morgan fingerprint density at radius 2 is 1.83 bits per heavy atom. The van der Waals surface area contributed by atoms with Crippen LogP contribution < -0.4 is 9.80 Å². The van der Waals surface area contributed by atoms with E-state index >= 15 is 0 Å². The number of hydrogen-bond acceptors (Lipinski definition) is 5. The fraction of sp³-hybridized carbons (Fsp3) is 0.522. The number of piperazine rings is 1. The van der Waals surface area contributed by atoms with Gasteiger partial charge >= 0.3 is 0 Å². The summed E-state index contributed by atoms with van der Waals surface area (Å²) in [6.07, 6.45) is 2.23. The van der Waals surface area contributed by atoms with Crippen molar-refractivity contribution in [3.8, 4) is 0 Å². The predicted molar refractivity (Wildman–Crippen MR) is 119 cm³/mol. The fourth-order valence-electron chi connectivity index (χ4n) is 3.76. The molecule has 6 heteroatoms. The molecule has 0 aliphatic carbocycles. The summed E-state index contributed by atoms with van der Waals surface area (Å²) in [5.74, 6) is 1.47. The van der Waals surface area contributed by atoms with Gasteiger partial charge in [-0.2, -0.15) is 0 Å². The molecule has 3 rings (SSSR count). The standard InChI is InChI=1S/C23H33N5O/c1-6-7-11-26(5)22-16-20(24-19(4)25-22)23(29)28-14-12-27(13-15-28)21-10-8-9-17(2)18(21)3/h8-10,16H,6-7,11-15H2,1-5H3. The van der Waals surface area contributed by atoms with Crippen LogP contribution in [0.2, 0.25) is 0 Å². The van der Waals surface area contributed by atoms with Crippen molar-refractivity contribution in [2.45, 2.75) is 40.5 Å². The zero-order chi connectivity index (χ0) is 21.0. The van der Waals surface area contributed by atoms with Crippen LogP contribution in [0.25, 0.3) is 0 Å². The monoisotopic (exact) mass is 395 g/mol. The molecular weight excluding hydrogens is 362 g/mol. The lowest BCUT2D eigenvalue weighted by molar-refractivity contribution is 0.0740. The molecule has 1 amide bonds. The second kappa shape index (κ2) is 9.25. The van der Waals surface area contributed by atoms with E-state index in [1.807, 2.05) is 24.9 Å². The summed E-state index contributed by atoms with van der Waals surface area (Å²) in [5.41, 5.74) is 4.39. The number of benzene rings is 1. The van der Waals surface area contributed by atoms with Gasteiger partial charge in [0.05, 0.1) is 0 Å². The number of nitrogens with zero attached hydrogens (tertiary/aromatic N) is 5. The molecule has 1 aromatic carbocycles. The van der Waals surface area contributed by atoms with Crippen LogP contribution in [0.1, 0.15) is 47.2 Å². The molecule has 0 N–H and O–H groups in total. The zero-order valence-electron chi connectivity index (χ0n) is 18.4. The molecule has 1 fully saturated rings. The zero-order valence-corrected chi connectivity index (χ0v) is 18.4. The van der Waals surface area contributed by atoms with Crippen molar-refractivity contribution >= 4 is 17.4 Å². The molecule has 1 aliphatic rings. The highest BCUT2D eigenvalue weighted by atomic mass is 16.2. The van der Waals surface area contributed by atoms with Crippen molar-refractivity contribution in [2.75, 3.05) is 49.6 Å². The third kappa shape index (κ3) is 4.86. The van der Waals surface area contributed by atoms with E-state index in [-0.39, 0.29) is 5.91 Å². The van der Waals surface area contributed by atoms with Gasteiger partial charge in [0.1, 0.15) is 17.3 Å². The van der Waals surface area contributed by atoms with Crippen LogP contribution in [0.4, 0.5) is 11.5 Å². The van der Waals surface area contributed by atoms with Gasteiger partial charge in [-0.1, -0.05) is 25.5 Å². The second-order valence-electron chi connectivity index (χ2n) is 7.93. The van der Waals surface area contributed by atoms with Crippen LogP contribution in [-0.4, -0.2) is 60.5 Å². The maximum Gasteiger partial charge on any atom is 0.272 e. The van der Waals surface area contributed by atoms with Crippen molar-refractivity contribution in [1.29, 1.82) is 0 Å². The number of unbranched alkanes of at least 4 members (excludes halogenated alkanes) is 1. The molecule has 0 bridgehead atoms. The van der Waals surface area contributed by atoms with E-state index < -0.39 is 0 Å². The van der Waals surface area contributed by atoms with Crippen molar-refractivity contribution in [1.82, 2.24) is 14.9 Å². The third-order valence-corrected chi connectivity index (χ3v) is 5.77. The van der Waals surface area contributed by atoms with Crippen molar-refractivity contribution < 1.29 is 4.79 Å². The minimum absolute atomic E-state index is 0.00116. The summed E-state index contributed by atoms with van der Waals surface area (Å²) in [7, 11) is 2.02. The normalized spacial score (nSPS) is 14.2. The Balaban J connectivity index is 1.69. The lowest BCUT2D eigenvalue weighted by atomic mass is 10.1. The van der Waals surface area contributed by atoms with Gasteiger partial charge in [0.25, 0.3) is 5.91 Å². The first kappa shape index (κ1) is 21.1. The Bertz CT molecular complexity index is 858. The van der Waals surface area contributed by atoms with Gasteiger partial charge in [0.2, 0.25) is 0 Å². The predicted octanol–water partition coefficient (Wildman–Crippen LogP) is 3.60. The van der Waals surface area contributed by atoms with Crippen molar-refractivity contribution in [3.05, 3.63) is 46.9 Å². The van der Waals surface area contributed by atoms with Gasteiger partial charge in [-0.15, -0.1) is 0 Å². The van der Waals surface area contributed by atoms with Crippen molar-refractivity contribution in [3.63, 3.8) is 0 Å². The van der Waals surface area contributed by atoms with Gasteiger partial charge in [-0.05, 0) is 44.4 Å². The molecule has 1 aromatic heterocycles. The first-order valence-corrected chi connectivity index (χ1v) is 10.6. The molecule has 2 heterocycles. The summed E-state index contributed by atoms with van der Waals surface area (Å²) in [6.45, 7) is 12.3. The summed E-state index contributed by atoms with van der Waals surface area (Å²) >= 11 is 0. The highest BCUT2D eigenvalue weighted by Crippen LogP contribution is 2.24. The van der Waals surface area contributed by atoms with Crippen LogP contribution in [-0.2, 0) is 0 Å². The number of carbonyl (C=O) groups excluding carboxylic acids is 1. The maximum atomic E-state index is 13.1. The maximum absolute atomic E-state index is 13.1. The van der Waals surface area contributed by atoms with Crippen LogP contribution in [0.5, 0.6) is 0 Å².